The Labute approximate surface area is 157 Å². The molecule has 132 valence electrons. The molecule has 6 heteroatoms. The number of hydrogen-bond acceptors (Lipinski definition) is 3. The zero-order valence-electron chi connectivity index (χ0n) is 14.0. The van der Waals surface area contributed by atoms with Crippen LogP contribution >= 0.6 is 23.2 Å². The lowest BCUT2D eigenvalue weighted by Crippen LogP contribution is -2.30. The van der Waals surface area contributed by atoms with Crippen LogP contribution in [0.3, 0.4) is 0 Å². The van der Waals surface area contributed by atoms with Crippen molar-refractivity contribution in [3.8, 4) is 0 Å². The zero-order valence-corrected chi connectivity index (χ0v) is 15.5. The molecule has 0 aliphatic carbocycles. The maximum Gasteiger partial charge on any atom is 0.311 e. The highest BCUT2D eigenvalue weighted by Crippen LogP contribution is 2.25. The Kier molecular flexibility index (Phi) is 6.85. The molecule has 25 heavy (non-hydrogen) atoms. The molecule has 0 fully saturated rings. The van der Waals surface area contributed by atoms with Crippen LogP contribution in [0.1, 0.15) is 25.0 Å². The monoisotopic (exact) mass is 379 g/mol. The summed E-state index contributed by atoms with van der Waals surface area (Å²) in [6.45, 7) is 3.57. The summed E-state index contributed by atoms with van der Waals surface area (Å²) in [5.74, 6) is -0.971. The van der Waals surface area contributed by atoms with Gasteiger partial charge in [0.15, 0.2) is 6.10 Å². The highest BCUT2D eigenvalue weighted by atomic mass is 35.5. The van der Waals surface area contributed by atoms with E-state index in [2.05, 4.69) is 12.2 Å². The Morgan fingerprint density at radius 1 is 1.08 bits per heavy atom. The number of esters is 1. The van der Waals surface area contributed by atoms with E-state index in [0.717, 1.165) is 6.42 Å². The van der Waals surface area contributed by atoms with Gasteiger partial charge >= 0.3 is 5.97 Å². The summed E-state index contributed by atoms with van der Waals surface area (Å²) >= 11 is 12.1. The number of anilines is 1. The van der Waals surface area contributed by atoms with Gasteiger partial charge in [0.2, 0.25) is 0 Å². The number of nitrogens with one attached hydrogen (secondary N) is 1. The van der Waals surface area contributed by atoms with Crippen molar-refractivity contribution in [1.29, 1.82) is 0 Å². The van der Waals surface area contributed by atoms with Crippen LogP contribution in [0, 0.1) is 0 Å². The Morgan fingerprint density at radius 3 is 2.24 bits per heavy atom. The second-order valence-electron chi connectivity index (χ2n) is 5.55. The standard InChI is InChI=1S/C19H19Cl2NO3/c1-3-13-7-9-14(10-8-13)22-19(24)12(2)25-18(23)11-15-16(20)5-4-6-17(15)21/h4-10,12H,3,11H2,1-2H3,(H,22,24)/t12-/m1/s1. The molecule has 0 heterocycles. The van der Waals surface area contributed by atoms with Gasteiger partial charge in [-0.3, -0.25) is 9.59 Å². The van der Waals surface area contributed by atoms with Gasteiger partial charge in [0.05, 0.1) is 6.42 Å². The smallest absolute Gasteiger partial charge is 0.311 e. The first kappa shape index (κ1) is 19.3. The third kappa shape index (κ3) is 5.48. The molecule has 0 saturated carbocycles. The molecule has 1 atom stereocenters. The minimum absolute atomic E-state index is 0.0959. The molecule has 0 spiro atoms. The number of amides is 1. The van der Waals surface area contributed by atoms with Crippen LogP contribution in [0.4, 0.5) is 5.69 Å². The average molecular weight is 380 g/mol. The summed E-state index contributed by atoms with van der Waals surface area (Å²) < 4.78 is 5.17. The lowest BCUT2D eigenvalue weighted by molar-refractivity contribution is -0.152. The molecule has 0 unspecified atom stereocenters. The molecule has 1 N–H and O–H groups in total. The molecule has 0 aromatic heterocycles. The van der Waals surface area contributed by atoms with Gasteiger partial charge in [-0.05, 0) is 43.2 Å². The number of aryl methyl sites for hydroxylation is 1. The zero-order chi connectivity index (χ0) is 18.4. The third-order valence-electron chi connectivity index (χ3n) is 3.69. The van der Waals surface area contributed by atoms with E-state index in [-0.39, 0.29) is 6.42 Å². The van der Waals surface area contributed by atoms with Gasteiger partial charge in [-0.2, -0.15) is 0 Å². The summed E-state index contributed by atoms with van der Waals surface area (Å²) in [5, 5.41) is 3.49. The quantitative estimate of drug-likeness (QED) is 0.741. The lowest BCUT2D eigenvalue weighted by Gasteiger charge is -2.14. The molecular formula is C19H19Cl2NO3. The number of carbonyl (C=O) groups excluding carboxylic acids is 2. The Hall–Kier alpha value is -2.04. The Morgan fingerprint density at radius 2 is 1.68 bits per heavy atom. The fourth-order valence-electron chi connectivity index (χ4n) is 2.21. The first-order chi connectivity index (χ1) is 11.9. The van der Waals surface area contributed by atoms with Crippen molar-refractivity contribution in [2.45, 2.75) is 32.8 Å². The number of halogens is 2. The third-order valence-corrected chi connectivity index (χ3v) is 4.40. The average Bonchev–Trinajstić information content (AvgIpc) is 2.59. The van der Waals surface area contributed by atoms with E-state index in [4.69, 9.17) is 27.9 Å². The van der Waals surface area contributed by atoms with E-state index in [9.17, 15) is 9.59 Å². The van der Waals surface area contributed by atoms with E-state index in [1.54, 1.807) is 18.2 Å². The summed E-state index contributed by atoms with van der Waals surface area (Å²) in [5.41, 5.74) is 2.31. The van der Waals surface area contributed by atoms with Crippen molar-refractivity contribution in [3.05, 3.63) is 63.6 Å². The number of benzene rings is 2. The van der Waals surface area contributed by atoms with Gasteiger partial charge in [-0.25, -0.2) is 0 Å². The predicted molar refractivity (Wildman–Crippen MR) is 100 cm³/mol. The van der Waals surface area contributed by atoms with Gasteiger partial charge in [0.1, 0.15) is 0 Å². The summed E-state index contributed by atoms with van der Waals surface area (Å²) in [7, 11) is 0. The van der Waals surface area contributed by atoms with Crippen LogP contribution in [0.2, 0.25) is 10.0 Å². The molecule has 0 bridgehead atoms. The minimum Gasteiger partial charge on any atom is -0.452 e. The molecule has 1 amide bonds. The Bertz CT molecular complexity index is 740. The minimum atomic E-state index is -0.931. The molecular weight excluding hydrogens is 361 g/mol. The van der Waals surface area contributed by atoms with E-state index in [1.807, 2.05) is 24.3 Å². The van der Waals surface area contributed by atoms with Gasteiger partial charge in [0.25, 0.3) is 5.91 Å². The predicted octanol–water partition coefficient (Wildman–Crippen LogP) is 4.67. The van der Waals surface area contributed by atoms with Crippen LogP contribution in [-0.2, 0) is 27.2 Å². The van der Waals surface area contributed by atoms with Crippen LogP contribution in [0.5, 0.6) is 0 Å². The largest absolute Gasteiger partial charge is 0.452 e. The summed E-state index contributed by atoms with van der Waals surface area (Å²) in [4.78, 5) is 24.2. The number of carbonyl (C=O) groups is 2. The molecule has 0 saturated heterocycles. The number of hydrogen-bond donors (Lipinski definition) is 1. The van der Waals surface area contributed by atoms with Crippen LogP contribution < -0.4 is 5.32 Å². The van der Waals surface area contributed by atoms with Crippen molar-refractivity contribution in [3.63, 3.8) is 0 Å². The van der Waals surface area contributed by atoms with Crippen LogP contribution in [0.25, 0.3) is 0 Å². The first-order valence-corrected chi connectivity index (χ1v) is 8.68. The molecule has 2 rings (SSSR count). The number of rotatable bonds is 6. The molecule has 2 aromatic rings. The summed E-state index contributed by atoms with van der Waals surface area (Å²) in [6.07, 6.45) is -0.103. The fourth-order valence-corrected chi connectivity index (χ4v) is 2.74. The second kappa shape index (κ2) is 8.88. The lowest BCUT2D eigenvalue weighted by atomic mass is 10.1. The van der Waals surface area contributed by atoms with Gasteiger partial charge in [0, 0.05) is 21.3 Å². The molecule has 2 aromatic carbocycles. The maximum absolute atomic E-state index is 12.1. The van der Waals surface area contributed by atoms with Crippen molar-refractivity contribution in [2.24, 2.45) is 0 Å². The van der Waals surface area contributed by atoms with Gasteiger partial charge < -0.3 is 10.1 Å². The van der Waals surface area contributed by atoms with Crippen molar-refractivity contribution >= 4 is 40.8 Å². The van der Waals surface area contributed by atoms with E-state index < -0.39 is 18.0 Å². The molecule has 0 aliphatic heterocycles. The van der Waals surface area contributed by atoms with Crippen LogP contribution in [-0.4, -0.2) is 18.0 Å². The van der Waals surface area contributed by atoms with E-state index in [1.165, 1.54) is 12.5 Å². The van der Waals surface area contributed by atoms with Crippen molar-refractivity contribution in [1.82, 2.24) is 0 Å². The van der Waals surface area contributed by atoms with Gasteiger partial charge in [-0.1, -0.05) is 48.3 Å². The van der Waals surface area contributed by atoms with Crippen molar-refractivity contribution in [2.75, 3.05) is 5.32 Å². The Balaban J connectivity index is 1.92. The van der Waals surface area contributed by atoms with E-state index >= 15 is 0 Å². The van der Waals surface area contributed by atoms with Crippen molar-refractivity contribution < 1.29 is 14.3 Å². The molecule has 0 radical (unpaired) electrons. The molecule has 0 aliphatic rings. The number of ether oxygens (including phenoxy) is 1. The molecule has 4 nitrogen and oxygen atoms in total. The maximum atomic E-state index is 12.1. The normalized spacial score (nSPS) is 11.7. The highest BCUT2D eigenvalue weighted by molar-refractivity contribution is 6.36. The summed E-state index contributed by atoms with van der Waals surface area (Å²) in [6, 6.07) is 12.5. The fraction of sp³-hybridized carbons (Fsp3) is 0.263. The first-order valence-electron chi connectivity index (χ1n) is 7.93. The second-order valence-corrected chi connectivity index (χ2v) is 6.36. The topological polar surface area (TPSA) is 55.4 Å². The van der Waals surface area contributed by atoms with Crippen LogP contribution in [0.15, 0.2) is 42.5 Å². The van der Waals surface area contributed by atoms with E-state index in [0.29, 0.717) is 21.3 Å². The highest BCUT2D eigenvalue weighted by Gasteiger charge is 2.19. The van der Waals surface area contributed by atoms with Gasteiger partial charge in [-0.15, -0.1) is 0 Å². The SMILES string of the molecule is CCc1ccc(NC(=O)[C@@H](C)OC(=O)Cc2c(Cl)cccc2Cl)cc1.